The zero-order valence-electron chi connectivity index (χ0n) is 17.6. The lowest BCUT2D eigenvalue weighted by Crippen LogP contribution is -2.35. The molecule has 0 amide bonds. The van der Waals surface area contributed by atoms with E-state index in [0.717, 1.165) is 5.56 Å². The van der Waals surface area contributed by atoms with Gasteiger partial charge in [0.2, 0.25) is 3.68 Å². The van der Waals surface area contributed by atoms with Gasteiger partial charge in [0.25, 0.3) is 0 Å². The first-order chi connectivity index (χ1) is 16.5. The van der Waals surface area contributed by atoms with Crippen LogP contribution in [0.15, 0.2) is 83.6 Å². The summed E-state index contributed by atoms with van der Waals surface area (Å²) in [6.45, 7) is 0.203. The third kappa shape index (κ3) is 4.30. The number of benzene rings is 2. The van der Waals surface area contributed by atoms with Crippen LogP contribution in [0.5, 0.6) is 0 Å². The highest BCUT2D eigenvalue weighted by Crippen LogP contribution is 2.42. The molecule has 0 N–H and O–H groups in total. The van der Waals surface area contributed by atoms with Crippen molar-refractivity contribution < 1.29 is 22.7 Å². The van der Waals surface area contributed by atoms with Gasteiger partial charge in [0, 0.05) is 17.0 Å². The van der Waals surface area contributed by atoms with E-state index in [4.69, 9.17) is 9.15 Å². The van der Waals surface area contributed by atoms with Gasteiger partial charge < -0.3 is 9.15 Å². The van der Waals surface area contributed by atoms with Gasteiger partial charge in [-0.1, -0.05) is 42.5 Å². The van der Waals surface area contributed by atoms with Gasteiger partial charge in [0.1, 0.15) is 24.0 Å². The molecule has 0 radical (unpaired) electrons. The first-order valence-corrected chi connectivity index (χ1v) is 11.5. The van der Waals surface area contributed by atoms with E-state index in [9.17, 15) is 9.18 Å². The molecule has 8 heteroatoms. The van der Waals surface area contributed by atoms with E-state index in [2.05, 4.69) is 9.97 Å². The third-order valence-electron chi connectivity index (χ3n) is 5.49. The minimum Gasteiger partial charge on any atom is -0.453 e. The maximum atomic E-state index is 15.6. The van der Waals surface area contributed by atoms with E-state index < -0.39 is 15.6 Å². The number of nitrogens with zero attached hydrogens (tertiary/aromatic N) is 2. The molecule has 2 atom stereocenters. The summed E-state index contributed by atoms with van der Waals surface area (Å²) in [4.78, 5) is 19.6. The van der Waals surface area contributed by atoms with Gasteiger partial charge in [-0.05, 0) is 52.4 Å². The van der Waals surface area contributed by atoms with Crippen molar-refractivity contribution in [1.82, 2.24) is 9.97 Å². The SMILES string of the molecule is O=Cc1ccc(-c2cc3c(C4=CC=CC(F)(I)C4OCc4ccccc4)ncnc3cc2F)o1. The summed E-state index contributed by atoms with van der Waals surface area (Å²) in [6.07, 6.45) is 5.70. The number of ether oxygens (including phenoxy) is 1. The van der Waals surface area contributed by atoms with Crippen molar-refractivity contribution in [1.29, 1.82) is 0 Å². The summed E-state index contributed by atoms with van der Waals surface area (Å²) < 4.78 is 40.1. The molecule has 0 saturated carbocycles. The number of hydrogen-bond acceptors (Lipinski definition) is 5. The fourth-order valence-electron chi connectivity index (χ4n) is 3.88. The van der Waals surface area contributed by atoms with E-state index in [0.29, 0.717) is 28.5 Å². The highest BCUT2D eigenvalue weighted by molar-refractivity contribution is 14.1. The maximum Gasteiger partial charge on any atom is 0.209 e. The van der Waals surface area contributed by atoms with Gasteiger partial charge in [-0.3, -0.25) is 4.79 Å². The second-order valence-corrected chi connectivity index (χ2v) is 9.38. The highest BCUT2D eigenvalue weighted by Gasteiger charge is 2.40. The normalized spacial score (nSPS) is 19.9. The fraction of sp³-hybridized carbons (Fsp3) is 0.115. The number of halogens is 3. The van der Waals surface area contributed by atoms with Crippen molar-refractivity contribution in [3.63, 3.8) is 0 Å². The fourth-order valence-corrected chi connectivity index (χ4v) is 4.60. The average molecular weight is 570 g/mol. The predicted octanol–water partition coefficient (Wildman–Crippen LogP) is 6.48. The largest absolute Gasteiger partial charge is 0.453 e. The molecule has 0 saturated heterocycles. The quantitative estimate of drug-likeness (QED) is 0.151. The second kappa shape index (κ2) is 9.19. The Labute approximate surface area is 207 Å². The smallest absolute Gasteiger partial charge is 0.209 e. The molecule has 1 aliphatic carbocycles. The number of hydrogen-bond donors (Lipinski definition) is 0. The van der Waals surface area contributed by atoms with Gasteiger partial charge in [0.05, 0.1) is 23.4 Å². The van der Waals surface area contributed by atoms with Crippen LogP contribution in [0.4, 0.5) is 8.78 Å². The molecule has 1 aliphatic rings. The molecule has 5 nitrogen and oxygen atoms in total. The first kappa shape index (κ1) is 22.5. The third-order valence-corrected chi connectivity index (χ3v) is 6.42. The monoisotopic (exact) mass is 570 g/mol. The molecular weight excluding hydrogens is 553 g/mol. The van der Waals surface area contributed by atoms with Crippen LogP contribution in [0.2, 0.25) is 0 Å². The summed E-state index contributed by atoms with van der Waals surface area (Å²) in [5.41, 5.74) is 2.34. The van der Waals surface area contributed by atoms with E-state index >= 15 is 4.39 Å². The first-order valence-electron chi connectivity index (χ1n) is 10.4. The molecule has 0 aliphatic heterocycles. The van der Waals surface area contributed by atoms with Crippen LogP contribution in [-0.2, 0) is 11.3 Å². The lowest BCUT2D eigenvalue weighted by molar-refractivity contribution is 0.0325. The molecule has 2 aromatic carbocycles. The van der Waals surface area contributed by atoms with Crippen molar-refractivity contribution in [3.05, 3.63) is 102 Å². The van der Waals surface area contributed by atoms with E-state index in [1.165, 1.54) is 30.6 Å². The minimum absolute atomic E-state index is 0.0839. The molecule has 0 spiro atoms. The predicted molar refractivity (Wildman–Crippen MR) is 133 cm³/mol. The highest BCUT2D eigenvalue weighted by atomic mass is 127. The van der Waals surface area contributed by atoms with Crippen LogP contribution in [0.25, 0.3) is 27.8 Å². The summed E-state index contributed by atoms with van der Waals surface area (Å²) in [7, 11) is 0. The Morgan fingerprint density at radius 1 is 1.15 bits per heavy atom. The summed E-state index contributed by atoms with van der Waals surface area (Å²) >= 11 is 1.72. The van der Waals surface area contributed by atoms with Crippen molar-refractivity contribution in [2.75, 3.05) is 0 Å². The van der Waals surface area contributed by atoms with Gasteiger partial charge in [-0.2, -0.15) is 0 Å². The number of rotatable bonds is 6. The van der Waals surface area contributed by atoms with Crippen molar-refractivity contribution in [2.24, 2.45) is 0 Å². The Morgan fingerprint density at radius 3 is 2.74 bits per heavy atom. The van der Waals surface area contributed by atoms with Crippen molar-refractivity contribution >= 4 is 45.4 Å². The summed E-state index contributed by atoms with van der Waals surface area (Å²) in [6, 6.07) is 15.3. The van der Waals surface area contributed by atoms with Gasteiger partial charge >= 0.3 is 0 Å². The number of carbonyl (C=O) groups is 1. The number of fused-ring (bicyclic) bond motifs is 1. The number of aromatic nitrogens is 2. The zero-order valence-corrected chi connectivity index (χ0v) is 19.8. The number of aldehydes is 1. The number of allylic oxidation sites excluding steroid dienone is 2. The average Bonchev–Trinajstić information content (AvgIpc) is 3.31. The van der Waals surface area contributed by atoms with Gasteiger partial charge in [0.15, 0.2) is 12.0 Å². The molecule has 2 aromatic heterocycles. The van der Waals surface area contributed by atoms with E-state index in [1.54, 1.807) is 40.8 Å². The van der Waals surface area contributed by atoms with Crippen LogP contribution in [0.1, 0.15) is 21.8 Å². The van der Waals surface area contributed by atoms with Gasteiger partial charge in [-0.25, -0.2) is 18.7 Å². The van der Waals surface area contributed by atoms with Crippen LogP contribution < -0.4 is 0 Å². The molecule has 4 aromatic rings. The Hall–Kier alpha value is -3.24. The zero-order chi connectivity index (χ0) is 23.7. The number of carbonyl (C=O) groups excluding carboxylic acids is 1. The van der Waals surface area contributed by atoms with Crippen LogP contribution in [-0.4, -0.2) is 26.0 Å². The maximum absolute atomic E-state index is 15.6. The number of furan rings is 1. The topological polar surface area (TPSA) is 65.2 Å². The Kier molecular flexibility index (Phi) is 6.09. The summed E-state index contributed by atoms with van der Waals surface area (Å²) in [5, 5.41) is 0.505. The summed E-state index contributed by atoms with van der Waals surface area (Å²) in [5.74, 6) is -0.285. The molecule has 5 rings (SSSR count). The molecule has 0 bridgehead atoms. The van der Waals surface area contributed by atoms with E-state index in [-0.39, 0.29) is 23.7 Å². The molecule has 34 heavy (non-hydrogen) atoms. The molecule has 0 fully saturated rings. The molecular formula is C26H17F2IN2O3. The van der Waals surface area contributed by atoms with E-state index in [1.807, 2.05) is 30.3 Å². The molecule has 170 valence electrons. The lowest BCUT2D eigenvalue weighted by Gasteiger charge is -2.31. The standard InChI is InChI=1S/C26H17F2IN2O3/c27-21-12-22-20(11-19(21)23-9-8-17(13-32)34-23)24(31-15-30-22)18-7-4-10-26(28,29)25(18)33-14-16-5-2-1-3-6-16/h1-13,15,25H,14H2. The van der Waals surface area contributed by atoms with Crippen LogP contribution in [0, 0.1) is 5.82 Å². The number of alkyl halides is 2. The van der Waals surface area contributed by atoms with Gasteiger partial charge in [-0.15, -0.1) is 0 Å². The second-order valence-electron chi connectivity index (χ2n) is 7.72. The Balaban J connectivity index is 1.59. The minimum atomic E-state index is -1.82. The molecule has 2 unspecified atom stereocenters. The Morgan fingerprint density at radius 2 is 1.97 bits per heavy atom. The Bertz CT molecular complexity index is 1430. The lowest BCUT2D eigenvalue weighted by atomic mass is 9.93. The van der Waals surface area contributed by atoms with Crippen molar-refractivity contribution in [2.45, 2.75) is 16.4 Å². The van der Waals surface area contributed by atoms with Crippen LogP contribution >= 0.6 is 22.6 Å². The van der Waals surface area contributed by atoms with Crippen LogP contribution in [0.3, 0.4) is 0 Å². The molecule has 2 heterocycles. The van der Waals surface area contributed by atoms with Crippen molar-refractivity contribution in [3.8, 4) is 11.3 Å².